The van der Waals surface area contributed by atoms with E-state index in [9.17, 15) is 22.8 Å². The van der Waals surface area contributed by atoms with E-state index in [-0.39, 0.29) is 5.56 Å². The van der Waals surface area contributed by atoms with Gasteiger partial charge in [0.25, 0.3) is 11.5 Å². The second-order valence-electron chi connectivity index (χ2n) is 6.67. The maximum absolute atomic E-state index is 12.9. The van der Waals surface area contributed by atoms with Crippen molar-refractivity contribution in [2.24, 2.45) is 0 Å². The number of hydrogen-bond donors (Lipinski definition) is 2. The summed E-state index contributed by atoms with van der Waals surface area (Å²) in [5.74, 6) is -0.0918. The number of nitrogens with one attached hydrogen (secondary N) is 2. The van der Waals surface area contributed by atoms with Gasteiger partial charge in [-0.05, 0) is 19.4 Å². The Hall–Kier alpha value is -3.72. The van der Waals surface area contributed by atoms with Crippen LogP contribution in [0, 0.1) is 11.3 Å². The number of carbonyl (C=O) groups is 1. The van der Waals surface area contributed by atoms with Gasteiger partial charge in [0.05, 0.1) is 18.0 Å². The van der Waals surface area contributed by atoms with Crippen LogP contribution in [0.15, 0.2) is 41.1 Å². The zero-order valence-electron chi connectivity index (χ0n) is 16.2. The Bertz CT molecular complexity index is 1090. The molecule has 1 aliphatic rings. The van der Waals surface area contributed by atoms with E-state index >= 15 is 0 Å². The van der Waals surface area contributed by atoms with Crippen molar-refractivity contribution in [2.75, 3.05) is 18.0 Å². The molecule has 3 rings (SSSR count). The number of pyridine rings is 1. The molecule has 2 aromatic heterocycles. The van der Waals surface area contributed by atoms with Gasteiger partial charge < -0.3 is 9.88 Å². The lowest BCUT2D eigenvalue weighted by Crippen LogP contribution is -2.35. The van der Waals surface area contributed by atoms with Gasteiger partial charge in [0.15, 0.2) is 0 Å². The van der Waals surface area contributed by atoms with Gasteiger partial charge in [0.1, 0.15) is 17.7 Å². The maximum atomic E-state index is 12.9. The molecule has 0 aromatic carbocycles. The third kappa shape index (κ3) is 5.26. The van der Waals surface area contributed by atoms with Crippen LogP contribution in [0.5, 0.6) is 0 Å². The number of nitriles is 1. The van der Waals surface area contributed by atoms with Crippen LogP contribution in [-0.4, -0.2) is 33.9 Å². The number of hydrogen-bond acceptors (Lipinski definition) is 7. The normalized spacial score (nSPS) is 15.1. The zero-order chi connectivity index (χ0) is 22.6. The monoisotopic (exact) mass is 434 g/mol. The number of carbonyl (C=O) groups excluding carboxylic acids is 1. The van der Waals surface area contributed by atoms with Crippen molar-refractivity contribution in [2.45, 2.75) is 25.6 Å². The third-order valence-corrected chi connectivity index (χ3v) is 4.58. The number of nitrogens with zero attached hydrogens (tertiary/aromatic N) is 4. The van der Waals surface area contributed by atoms with Gasteiger partial charge in [0.2, 0.25) is 5.95 Å². The van der Waals surface area contributed by atoms with Crippen LogP contribution in [-0.2, 0) is 15.8 Å². The largest absolute Gasteiger partial charge is 0.421 e. The van der Waals surface area contributed by atoms with E-state index in [4.69, 9.17) is 10.1 Å². The second kappa shape index (κ2) is 8.97. The van der Waals surface area contributed by atoms with Crippen LogP contribution in [0.1, 0.15) is 36.1 Å². The number of hydroxylamine groups is 1. The Balaban J connectivity index is 1.58. The molecule has 3 heterocycles. The average molecular weight is 434 g/mol. The highest BCUT2D eigenvalue weighted by molar-refractivity contribution is 5.93. The standard InChI is InChI=1S/C19H17F3N6O3/c1-11(14-6-15(19(20,21)22)17(30)24-10-14)31-27-16(29)13-2-4-28(5-3-13)18-25-8-12(7-23)9-26-18/h2,6,8-11H,3-5H2,1H3,(H,24,30)(H,27,29)/t11-/m1/s1. The Kier molecular flexibility index (Phi) is 6.36. The molecule has 31 heavy (non-hydrogen) atoms. The molecule has 0 saturated heterocycles. The van der Waals surface area contributed by atoms with E-state index in [1.165, 1.54) is 19.3 Å². The van der Waals surface area contributed by atoms with E-state index in [1.54, 1.807) is 6.08 Å². The molecule has 0 unspecified atom stereocenters. The lowest BCUT2D eigenvalue weighted by Gasteiger charge is -2.26. The van der Waals surface area contributed by atoms with Crippen LogP contribution in [0.3, 0.4) is 0 Å². The van der Waals surface area contributed by atoms with E-state index in [0.29, 0.717) is 42.7 Å². The number of aromatic amines is 1. The molecule has 2 N–H and O–H groups in total. The molecule has 0 fully saturated rings. The molecule has 12 heteroatoms. The molecule has 0 saturated carbocycles. The smallest absolute Gasteiger partial charge is 0.337 e. The minimum absolute atomic E-state index is 0.0500. The van der Waals surface area contributed by atoms with Crippen molar-refractivity contribution in [1.82, 2.24) is 20.4 Å². The van der Waals surface area contributed by atoms with Crippen molar-refractivity contribution in [3.63, 3.8) is 0 Å². The molecule has 1 aliphatic heterocycles. The fraction of sp³-hybridized carbons (Fsp3) is 0.316. The third-order valence-electron chi connectivity index (χ3n) is 4.58. The van der Waals surface area contributed by atoms with E-state index < -0.39 is 29.3 Å². The second-order valence-corrected chi connectivity index (χ2v) is 6.67. The van der Waals surface area contributed by atoms with Gasteiger partial charge in [-0.3, -0.25) is 14.4 Å². The predicted octanol–water partition coefficient (Wildman–Crippen LogP) is 2.00. The first kappa shape index (κ1) is 22.0. The van der Waals surface area contributed by atoms with Gasteiger partial charge in [-0.2, -0.15) is 18.4 Å². The van der Waals surface area contributed by atoms with Crippen LogP contribution < -0.4 is 15.9 Å². The van der Waals surface area contributed by atoms with Crippen molar-refractivity contribution in [3.05, 3.63) is 63.4 Å². The first-order chi connectivity index (χ1) is 14.7. The molecule has 1 amide bonds. The van der Waals surface area contributed by atoms with Gasteiger partial charge in [-0.15, -0.1) is 0 Å². The summed E-state index contributed by atoms with van der Waals surface area (Å²) in [4.78, 5) is 40.9. The quantitative estimate of drug-likeness (QED) is 0.690. The summed E-state index contributed by atoms with van der Waals surface area (Å²) in [6.45, 7) is 2.25. The summed E-state index contributed by atoms with van der Waals surface area (Å²) < 4.78 is 38.6. The van der Waals surface area contributed by atoms with Crippen LogP contribution in [0.25, 0.3) is 0 Å². The van der Waals surface area contributed by atoms with Gasteiger partial charge in [-0.1, -0.05) is 6.08 Å². The molecule has 162 valence electrons. The molecule has 1 atom stereocenters. The Morgan fingerprint density at radius 3 is 2.68 bits per heavy atom. The van der Waals surface area contributed by atoms with Crippen molar-refractivity contribution >= 4 is 11.9 Å². The van der Waals surface area contributed by atoms with Crippen molar-refractivity contribution in [3.8, 4) is 6.07 Å². The van der Waals surface area contributed by atoms with Crippen molar-refractivity contribution < 1.29 is 22.8 Å². The van der Waals surface area contributed by atoms with E-state index in [1.807, 2.05) is 16.0 Å². The zero-order valence-corrected chi connectivity index (χ0v) is 16.2. The molecule has 0 aliphatic carbocycles. The minimum Gasteiger partial charge on any atom is -0.337 e. The number of halogens is 3. The first-order valence-corrected chi connectivity index (χ1v) is 9.11. The van der Waals surface area contributed by atoms with Crippen LogP contribution in [0.2, 0.25) is 0 Å². The van der Waals surface area contributed by atoms with Crippen LogP contribution >= 0.6 is 0 Å². The number of aromatic nitrogens is 3. The summed E-state index contributed by atoms with van der Waals surface area (Å²) >= 11 is 0. The number of anilines is 1. The molecule has 0 spiro atoms. The van der Waals surface area contributed by atoms with Crippen molar-refractivity contribution in [1.29, 1.82) is 5.26 Å². The SMILES string of the molecule is C[C@@H](ONC(=O)C1=CCN(c2ncc(C#N)cn2)CC1)c1c[nH]c(=O)c(C(F)(F)F)c1. The minimum atomic E-state index is -4.80. The Morgan fingerprint density at radius 2 is 2.10 bits per heavy atom. The first-order valence-electron chi connectivity index (χ1n) is 9.11. The molecule has 2 aromatic rings. The summed E-state index contributed by atoms with van der Waals surface area (Å²) in [7, 11) is 0. The molecular formula is C19H17F3N6O3. The van der Waals surface area contributed by atoms with E-state index in [0.717, 1.165) is 6.20 Å². The van der Waals surface area contributed by atoms with Gasteiger partial charge in [0, 0.05) is 30.4 Å². The maximum Gasteiger partial charge on any atom is 0.421 e. The van der Waals surface area contributed by atoms with Gasteiger partial charge >= 0.3 is 6.18 Å². The number of H-pyrrole nitrogens is 1. The lowest BCUT2D eigenvalue weighted by atomic mass is 10.1. The average Bonchev–Trinajstić information content (AvgIpc) is 2.77. The summed E-state index contributed by atoms with van der Waals surface area (Å²) in [6.07, 6.45) is 0.206. The Labute approximate surface area is 174 Å². The topological polar surface area (TPSA) is 124 Å². The Morgan fingerprint density at radius 1 is 1.39 bits per heavy atom. The van der Waals surface area contributed by atoms with E-state index in [2.05, 4.69) is 15.4 Å². The molecule has 0 radical (unpaired) electrons. The summed E-state index contributed by atoms with van der Waals surface area (Å²) in [6, 6.07) is 2.62. The number of amides is 1. The highest BCUT2D eigenvalue weighted by atomic mass is 19.4. The highest BCUT2D eigenvalue weighted by Crippen LogP contribution is 2.28. The predicted molar refractivity (Wildman–Crippen MR) is 101 cm³/mol. The highest BCUT2D eigenvalue weighted by Gasteiger charge is 2.34. The summed E-state index contributed by atoms with van der Waals surface area (Å²) in [5, 5.41) is 8.78. The number of alkyl halides is 3. The fourth-order valence-electron chi connectivity index (χ4n) is 2.82. The molecule has 0 bridgehead atoms. The molecular weight excluding hydrogens is 417 g/mol. The lowest BCUT2D eigenvalue weighted by molar-refractivity contribution is -0.139. The molecule has 9 nitrogen and oxygen atoms in total. The van der Waals surface area contributed by atoms with Crippen LogP contribution in [0.4, 0.5) is 19.1 Å². The fourth-order valence-corrected chi connectivity index (χ4v) is 2.82. The number of rotatable bonds is 5. The van der Waals surface area contributed by atoms with Gasteiger partial charge in [-0.25, -0.2) is 15.4 Å². The summed E-state index contributed by atoms with van der Waals surface area (Å²) in [5.41, 5.74) is 0.462.